The number of nitrogens with zero attached hydrogens (tertiary/aromatic N) is 2. The topological polar surface area (TPSA) is 51.4 Å². The SMILES string of the molecule is Nc1c(-c2ccccc2)c(N2CCOCC2)nc2ccccc12. The number of anilines is 2. The summed E-state index contributed by atoms with van der Waals surface area (Å²) < 4.78 is 5.48. The Kier molecular flexibility index (Phi) is 3.60. The highest BCUT2D eigenvalue weighted by molar-refractivity contribution is 6.02. The quantitative estimate of drug-likeness (QED) is 0.789. The van der Waals surface area contributed by atoms with Crippen LogP contribution in [0.5, 0.6) is 0 Å². The van der Waals surface area contributed by atoms with Gasteiger partial charge in [-0.2, -0.15) is 0 Å². The molecule has 0 aliphatic carbocycles. The summed E-state index contributed by atoms with van der Waals surface area (Å²) in [5.74, 6) is 0.954. The largest absolute Gasteiger partial charge is 0.398 e. The second kappa shape index (κ2) is 5.89. The molecule has 1 aliphatic rings. The number of para-hydroxylation sites is 1. The van der Waals surface area contributed by atoms with Gasteiger partial charge in [0.1, 0.15) is 5.82 Å². The lowest BCUT2D eigenvalue weighted by molar-refractivity contribution is 0.122. The van der Waals surface area contributed by atoms with E-state index < -0.39 is 0 Å². The number of rotatable bonds is 2. The average molecular weight is 305 g/mol. The summed E-state index contributed by atoms with van der Waals surface area (Å²) in [4.78, 5) is 7.20. The minimum Gasteiger partial charge on any atom is -0.398 e. The van der Waals surface area contributed by atoms with Crippen molar-refractivity contribution in [1.82, 2.24) is 4.98 Å². The molecule has 2 N–H and O–H groups in total. The number of morpholine rings is 1. The van der Waals surface area contributed by atoms with Crippen molar-refractivity contribution in [3.63, 3.8) is 0 Å². The maximum absolute atomic E-state index is 6.56. The smallest absolute Gasteiger partial charge is 0.139 e. The zero-order valence-corrected chi connectivity index (χ0v) is 12.9. The molecule has 0 radical (unpaired) electrons. The van der Waals surface area contributed by atoms with Crippen molar-refractivity contribution in [3.8, 4) is 11.1 Å². The van der Waals surface area contributed by atoms with Gasteiger partial charge in [0.15, 0.2) is 0 Å². The van der Waals surface area contributed by atoms with E-state index in [1.54, 1.807) is 0 Å². The zero-order chi connectivity index (χ0) is 15.6. The standard InChI is InChI=1S/C19H19N3O/c20-18-15-8-4-5-9-16(15)21-19(22-10-12-23-13-11-22)17(18)14-6-2-1-3-7-14/h1-9H,10-13H2,(H2,20,21). The van der Waals surface area contributed by atoms with Crippen molar-refractivity contribution in [2.45, 2.75) is 0 Å². The summed E-state index contributed by atoms with van der Waals surface area (Å²) >= 11 is 0. The normalized spacial score (nSPS) is 15.0. The Hall–Kier alpha value is -2.59. The number of benzene rings is 2. The predicted octanol–water partition coefficient (Wildman–Crippen LogP) is 3.32. The fourth-order valence-corrected chi connectivity index (χ4v) is 3.12. The molecule has 2 aromatic carbocycles. The van der Waals surface area contributed by atoms with E-state index in [9.17, 15) is 0 Å². The van der Waals surface area contributed by atoms with Gasteiger partial charge in [-0.05, 0) is 11.6 Å². The first-order valence-corrected chi connectivity index (χ1v) is 7.91. The summed E-state index contributed by atoms with van der Waals surface area (Å²) in [7, 11) is 0. The van der Waals surface area contributed by atoms with Crippen LogP contribution in [0.1, 0.15) is 0 Å². The Morgan fingerprint density at radius 2 is 1.61 bits per heavy atom. The van der Waals surface area contributed by atoms with E-state index in [0.717, 1.165) is 59.8 Å². The minimum absolute atomic E-state index is 0.725. The Labute approximate surface area is 135 Å². The minimum atomic E-state index is 0.725. The van der Waals surface area contributed by atoms with E-state index in [-0.39, 0.29) is 0 Å². The van der Waals surface area contributed by atoms with Crippen molar-refractivity contribution in [1.29, 1.82) is 0 Å². The van der Waals surface area contributed by atoms with Crippen molar-refractivity contribution in [2.24, 2.45) is 0 Å². The van der Waals surface area contributed by atoms with Crippen LogP contribution in [0, 0.1) is 0 Å². The van der Waals surface area contributed by atoms with Gasteiger partial charge in [-0.25, -0.2) is 4.98 Å². The highest BCUT2D eigenvalue weighted by Crippen LogP contribution is 2.39. The van der Waals surface area contributed by atoms with E-state index in [0.29, 0.717) is 0 Å². The first kappa shape index (κ1) is 14.0. The number of hydrogen-bond donors (Lipinski definition) is 1. The molecule has 4 rings (SSSR count). The highest BCUT2D eigenvalue weighted by atomic mass is 16.5. The number of fused-ring (bicyclic) bond motifs is 1. The van der Waals surface area contributed by atoms with Crippen molar-refractivity contribution in [2.75, 3.05) is 36.9 Å². The number of nitrogen functional groups attached to an aromatic ring is 1. The van der Waals surface area contributed by atoms with Crippen LogP contribution in [-0.4, -0.2) is 31.3 Å². The van der Waals surface area contributed by atoms with Crippen LogP contribution >= 0.6 is 0 Å². The van der Waals surface area contributed by atoms with Crippen LogP contribution in [0.2, 0.25) is 0 Å². The Balaban J connectivity index is 1.98. The van der Waals surface area contributed by atoms with Crippen molar-refractivity contribution >= 4 is 22.4 Å². The summed E-state index contributed by atoms with van der Waals surface area (Å²) in [5.41, 5.74) is 10.4. The lowest BCUT2D eigenvalue weighted by atomic mass is 10.0. The number of pyridine rings is 1. The maximum Gasteiger partial charge on any atom is 0.139 e. The molecule has 4 heteroatoms. The molecule has 0 saturated carbocycles. The molecule has 23 heavy (non-hydrogen) atoms. The number of aromatic nitrogens is 1. The second-order valence-electron chi connectivity index (χ2n) is 5.71. The molecule has 2 heterocycles. The molecular formula is C19H19N3O. The number of nitrogens with two attached hydrogens (primary N) is 1. The summed E-state index contributed by atoms with van der Waals surface area (Å²) in [6, 6.07) is 18.3. The van der Waals surface area contributed by atoms with Gasteiger partial charge in [-0.1, -0.05) is 48.5 Å². The molecule has 0 amide bonds. The maximum atomic E-state index is 6.56. The third kappa shape index (κ3) is 2.51. The van der Waals surface area contributed by atoms with E-state index in [2.05, 4.69) is 17.0 Å². The van der Waals surface area contributed by atoms with Crippen LogP contribution in [0.15, 0.2) is 54.6 Å². The van der Waals surface area contributed by atoms with E-state index >= 15 is 0 Å². The van der Waals surface area contributed by atoms with Crippen LogP contribution in [0.3, 0.4) is 0 Å². The Morgan fingerprint density at radius 3 is 2.39 bits per heavy atom. The highest BCUT2D eigenvalue weighted by Gasteiger charge is 2.21. The molecule has 1 fully saturated rings. The first-order chi connectivity index (χ1) is 11.3. The monoisotopic (exact) mass is 305 g/mol. The van der Waals surface area contributed by atoms with Crippen molar-refractivity contribution in [3.05, 3.63) is 54.6 Å². The van der Waals surface area contributed by atoms with Gasteiger partial charge >= 0.3 is 0 Å². The van der Waals surface area contributed by atoms with Gasteiger partial charge < -0.3 is 15.4 Å². The Bertz CT molecular complexity index is 827. The van der Waals surface area contributed by atoms with Gasteiger partial charge in [0.05, 0.1) is 24.4 Å². The molecule has 0 spiro atoms. The molecule has 116 valence electrons. The molecule has 1 aromatic heterocycles. The summed E-state index contributed by atoms with van der Waals surface area (Å²) in [5, 5.41) is 1.00. The molecule has 0 unspecified atom stereocenters. The van der Waals surface area contributed by atoms with Gasteiger partial charge in [-0.3, -0.25) is 0 Å². The molecule has 0 bridgehead atoms. The first-order valence-electron chi connectivity index (χ1n) is 7.91. The third-order valence-corrected chi connectivity index (χ3v) is 4.29. The fourth-order valence-electron chi connectivity index (χ4n) is 3.12. The molecule has 1 aliphatic heterocycles. The predicted molar refractivity (Wildman–Crippen MR) is 94.6 cm³/mol. The van der Waals surface area contributed by atoms with Crippen LogP contribution in [0.25, 0.3) is 22.0 Å². The lowest BCUT2D eigenvalue weighted by Crippen LogP contribution is -2.37. The van der Waals surface area contributed by atoms with Gasteiger partial charge in [0, 0.05) is 24.0 Å². The van der Waals surface area contributed by atoms with E-state index in [1.165, 1.54) is 0 Å². The van der Waals surface area contributed by atoms with Gasteiger partial charge in [0.25, 0.3) is 0 Å². The number of hydrogen-bond acceptors (Lipinski definition) is 4. The summed E-state index contributed by atoms with van der Waals surface area (Å²) in [6.45, 7) is 3.13. The third-order valence-electron chi connectivity index (χ3n) is 4.29. The van der Waals surface area contributed by atoms with E-state index in [4.69, 9.17) is 15.5 Å². The van der Waals surface area contributed by atoms with Crippen LogP contribution in [-0.2, 0) is 4.74 Å². The molecule has 3 aromatic rings. The average Bonchev–Trinajstić information content (AvgIpc) is 2.63. The molecule has 0 atom stereocenters. The van der Waals surface area contributed by atoms with Gasteiger partial charge in [-0.15, -0.1) is 0 Å². The molecular weight excluding hydrogens is 286 g/mol. The fraction of sp³-hybridized carbons (Fsp3) is 0.211. The molecule has 1 saturated heterocycles. The van der Waals surface area contributed by atoms with Crippen molar-refractivity contribution < 1.29 is 4.74 Å². The Morgan fingerprint density at radius 1 is 0.913 bits per heavy atom. The van der Waals surface area contributed by atoms with E-state index in [1.807, 2.05) is 42.5 Å². The van der Waals surface area contributed by atoms with Crippen LogP contribution in [0.4, 0.5) is 11.5 Å². The molecule has 4 nitrogen and oxygen atoms in total. The number of ether oxygens (including phenoxy) is 1. The summed E-state index contributed by atoms with van der Waals surface area (Å²) in [6.07, 6.45) is 0. The van der Waals surface area contributed by atoms with Gasteiger partial charge in [0.2, 0.25) is 0 Å². The van der Waals surface area contributed by atoms with Crippen LogP contribution < -0.4 is 10.6 Å². The zero-order valence-electron chi connectivity index (χ0n) is 12.9. The second-order valence-corrected chi connectivity index (χ2v) is 5.71. The lowest BCUT2D eigenvalue weighted by Gasteiger charge is -2.30.